The summed E-state index contributed by atoms with van der Waals surface area (Å²) in [6.07, 6.45) is 10.5. The van der Waals surface area contributed by atoms with Gasteiger partial charge in [-0.1, -0.05) is 19.3 Å². The molecule has 0 atom stereocenters. The van der Waals surface area contributed by atoms with Gasteiger partial charge in [-0.05, 0) is 30.7 Å². The standard InChI is InChI=1S/C15H23N3/c1-16-14-11-13(5-9-17-14)18-10-8-15(12-18)6-3-2-4-7-15/h5,9,11H,2-4,6-8,10,12H2,1H3,(H,16,17). The highest BCUT2D eigenvalue weighted by Gasteiger charge is 2.38. The van der Waals surface area contributed by atoms with Crippen LogP contribution in [0.5, 0.6) is 0 Å². The quantitative estimate of drug-likeness (QED) is 0.866. The number of aromatic nitrogens is 1. The van der Waals surface area contributed by atoms with Crippen LogP contribution in [0.3, 0.4) is 0 Å². The molecule has 0 amide bonds. The van der Waals surface area contributed by atoms with Gasteiger partial charge in [0.25, 0.3) is 0 Å². The Balaban J connectivity index is 1.74. The van der Waals surface area contributed by atoms with Crippen molar-refractivity contribution in [2.45, 2.75) is 38.5 Å². The van der Waals surface area contributed by atoms with Crippen molar-refractivity contribution in [1.82, 2.24) is 4.98 Å². The van der Waals surface area contributed by atoms with E-state index in [0.29, 0.717) is 5.41 Å². The van der Waals surface area contributed by atoms with Crippen LogP contribution < -0.4 is 10.2 Å². The van der Waals surface area contributed by atoms with Crippen molar-refractivity contribution in [3.05, 3.63) is 18.3 Å². The summed E-state index contributed by atoms with van der Waals surface area (Å²) in [6, 6.07) is 4.31. The third-order valence-corrected chi connectivity index (χ3v) is 4.72. The number of nitrogens with zero attached hydrogens (tertiary/aromatic N) is 2. The molecule has 18 heavy (non-hydrogen) atoms. The topological polar surface area (TPSA) is 28.2 Å². The Bertz CT molecular complexity index is 410. The van der Waals surface area contributed by atoms with Gasteiger partial charge in [0, 0.05) is 38.1 Å². The van der Waals surface area contributed by atoms with E-state index in [1.165, 1.54) is 57.3 Å². The second kappa shape index (κ2) is 4.79. The van der Waals surface area contributed by atoms with Gasteiger partial charge in [-0.3, -0.25) is 0 Å². The van der Waals surface area contributed by atoms with E-state index in [2.05, 4.69) is 27.3 Å². The molecule has 3 rings (SSSR count). The number of rotatable bonds is 2. The predicted octanol–water partition coefficient (Wildman–Crippen LogP) is 3.28. The van der Waals surface area contributed by atoms with Gasteiger partial charge in [0.1, 0.15) is 5.82 Å². The van der Waals surface area contributed by atoms with Crippen LogP contribution in [-0.4, -0.2) is 25.1 Å². The lowest BCUT2D eigenvalue weighted by molar-refractivity contribution is 0.219. The maximum atomic E-state index is 4.30. The van der Waals surface area contributed by atoms with Crippen molar-refractivity contribution in [2.24, 2.45) is 5.41 Å². The molecule has 3 nitrogen and oxygen atoms in total. The molecule has 1 spiro atoms. The summed E-state index contributed by atoms with van der Waals surface area (Å²) in [6.45, 7) is 2.47. The van der Waals surface area contributed by atoms with Gasteiger partial charge in [0.2, 0.25) is 0 Å². The lowest BCUT2D eigenvalue weighted by Gasteiger charge is -2.33. The highest BCUT2D eigenvalue weighted by molar-refractivity contribution is 5.54. The molecule has 1 saturated heterocycles. The van der Waals surface area contributed by atoms with Gasteiger partial charge in [0.05, 0.1) is 0 Å². The summed E-state index contributed by atoms with van der Waals surface area (Å²) in [7, 11) is 1.93. The lowest BCUT2D eigenvalue weighted by atomic mass is 9.73. The molecule has 0 radical (unpaired) electrons. The zero-order chi connectivity index (χ0) is 12.4. The molecule has 2 fully saturated rings. The molecule has 0 bridgehead atoms. The molecular weight excluding hydrogens is 222 g/mol. The predicted molar refractivity (Wildman–Crippen MR) is 76.1 cm³/mol. The molecular formula is C15H23N3. The molecule has 2 heterocycles. The van der Waals surface area contributed by atoms with Crippen molar-refractivity contribution in [3.8, 4) is 0 Å². The Morgan fingerprint density at radius 3 is 2.83 bits per heavy atom. The molecule has 1 aliphatic heterocycles. The van der Waals surface area contributed by atoms with E-state index >= 15 is 0 Å². The minimum Gasteiger partial charge on any atom is -0.373 e. The van der Waals surface area contributed by atoms with E-state index in [1.54, 1.807) is 0 Å². The maximum absolute atomic E-state index is 4.30. The summed E-state index contributed by atoms with van der Waals surface area (Å²) in [5, 5.41) is 3.12. The van der Waals surface area contributed by atoms with Crippen molar-refractivity contribution in [2.75, 3.05) is 30.4 Å². The number of pyridine rings is 1. The highest BCUT2D eigenvalue weighted by Crippen LogP contribution is 2.44. The van der Waals surface area contributed by atoms with E-state index in [1.807, 2.05) is 13.2 Å². The van der Waals surface area contributed by atoms with E-state index in [4.69, 9.17) is 0 Å². The number of nitrogens with one attached hydrogen (secondary N) is 1. The average molecular weight is 245 g/mol. The average Bonchev–Trinajstić information content (AvgIpc) is 2.83. The molecule has 0 unspecified atom stereocenters. The van der Waals surface area contributed by atoms with Crippen LogP contribution in [-0.2, 0) is 0 Å². The van der Waals surface area contributed by atoms with E-state index < -0.39 is 0 Å². The van der Waals surface area contributed by atoms with Crippen LogP contribution in [0.2, 0.25) is 0 Å². The Morgan fingerprint density at radius 1 is 1.22 bits per heavy atom. The van der Waals surface area contributed by atoms with Crippen molar-refractivity contribution in [1.29, 1.82) is 0 Å². The van der Waals surface area contributed by atoms with Crippen molar-refractivity contribution < 1.29 is 0 Å². The van der Waals surface area contributed by atoms with Crippen LogP contribution in [0, 0.1) is 5.41 Å². The summed E-state index contributed by atoms with van der Waals surface area (Å²) in [4.78, 5) is 6.84. The van der Waals surface area contributed by atoms with Gasteiger partial charge in [-0.25, -0.2) is 4.98 Å². The smallest absolute Gasteiger partial charge is 0.127 e. The molecule has 0 aromatic carbocycles. The first-order valence-electron chi connectivity index (χ1n) is 7.20. The minimum atomic E-state index is 0.626. The molecule has 1 saturated carbocycles. The summed E-state index contributed by atoms with van der Waals surface area (Å²) in [5.41, 5.74) is 1.96. The van der Waals surface area contributed by atoms with E-state index in [9.17, 15) is 0 Å². The first-order chi connectivity index (χ1) is 8.81. The zero-order valence-electron chi connectivity index (χ0n) is 11.3. The summed E-state index contributed by atoms with van der Waals surface area (Å²) < 4.78 is 0. The van der Waals surface area contributed by atoms with Gasteiger partial charge in [-0.2, -0.15) is 0 Å². The summed E-state index contributed by atoms with van der Waals surface area (Å²) in [5.74, 6) is 0.970. The molecule has 1 N–H and O–H groups in total. The fraction of sp³-hybridized carbons (Fsp3) is 0.667. The van der Waals surface area contributed by atoms with Crippen LogP contribution in [0.4, 0.5) is 11.5 Å². The molecule has 3 heteroatoms. The monoisotopic (exact) mass is 245 g/mol. The Hall–Kier alpha value is -1.25. The third-order valence-electron chi connectivity index (χ3n) is 4.72. The second-order valence-corrected chi connectivity index (χ2v) is 5.88. The van der Waals surface area contributed by atoms with Crippen LogP contribution in [0.15, 0.2) is 18.3 Å². The fourth-order valence-corrected chi connectivity index (χ4v) is 3.62. The molecule has 1 aromatic rings. The van der Waals surface area contributed by atoms with Crippen LogP contribution in [0.25, 0.3) is 0 Å². The molecule has 98 valence electrons. The SMILES string of the molecule is CNc1cc(N2CCC3(CCCCC3)C2)ccn1. The Kier molecular flexibility index (Phi) is 3.14. The molecule has 2 aliphatic rings. The number of hydrogen-bond acceptors (Lipinski definition) is 3. The van der Waals surface area contributed by atoms with Gasteiger partial charge in [-0.15, -0.1) is 0 Å². The highest BCUT2D eigenvalue weighted by atomic mass is 15.2. The second-order valence-electron chi connectivity index (χ2n) is 5.88. The maximum Gasteiger partial charge on any atom is 0.127 e. The third kappa shape index (κ3) is 2.18. The first kappa shape index (κ1) is 11.8. The molecule has 1 aromatic heterocycles. The van der Waals surface area contributed by atoms with Crippen molar-refractivity contribution >= 4 is 11.5 Å². The van der Waals surface area contributed by atoms with Gasteiger partial charge in [0.15, 0.2) is 0 Å². The summed E-state index contributed by atoms with van der Waals surface area (Å²) >= 11 is 0. The zero-order valence-corrected chi connectivity index (χ0v) is 11.3. The van der Waals surface area contributed by atoms with E-state index in [0.717, 1.165) is 5.82 Å². The first-order valence-corrected chi connectivity index (χ1v) is 7.20. The Morgan fingerprint density at radius 2 is 2.06 bits per heavy atom. The van der Waals surface area contributed by atoms with Gasteiger partial charge >= 0.3 is 0 Å². The fourth-order valence-electron chi connectivity index (χ4n) is 3.62. The number of anilines is 2. The van der Waals surface area contributed by atoms with E-state index in [-0.39, 0.29) is 0 Å². The van der Waals surface area contributed by atoms with Crippen LogP contribution in [0.1, 0.15) is 38.5 Å². The van der Waals surface area contributed by atoms with Crippen molar-refractivity contribution in [3.63, 3.8) is 0 Å². The van der Waals surface area contributed by atoms with Crippen LogP contribution >= 0.6 is 0 Å². The lowest BCUT2D eigenvalue weighted by Crippen LogP contribution is -2.29. The minimum absolute atomic E-state index is 0.626. The largest absolute Gasteiger partial charge is 0.373 e. The Labute approximate surface area is 110 Å². The molecule has 1 aliphatic carbocycles. The number of hydrogen-bond donors (Lipinski definition) is 1. The van der Waals surface area contributed by atoms with Gasteiger partial charge < -0.3 is 10.2 Å². The normalized spacial score (nSPS) is 22.4.